The van der Waals surface area contributed by atoms with Crippen molar-refractivity contribution in [3.05, 3.63) is 66.4 Å². The van der Waals surface area contributed by atoms with E-state index in [2.05, 4.69) is 59.4 Å². The van der Waals surface area contributed by atoms with Gasteiger partial charge in [0.1, 0.15) is 0 Å². The number of dihydropyridines is 1. The van der Waals surface area contributed by atoms with E-state index in [1.807, 2.05) is 6.08 Å². The summed E-state index contributed by atoms with van der Waals surface area (Å²) in [6, 6.07) is 1.85. The summed E-state index contributed by atoms with van der Waals surface area (Å²) in [6.45, 7) is -1.96. The Balaban J connectivity index is 1.28. The molecule has 0 saturated heterocycles. The summed E-state index contributed by atoms with van der Waals surface area (Å²) < 4.78 is 56.0. The second-order valence-electron chi connectivity index (χ2n) is 12.0. The highest BCUT2D eigenvalue weighted by Gasteiger charge is 2.38. The van der Waals surface area contributed by atoms with Crippen molar-refractivity contribution < 1.29 is 21.9 Å². The second-order valence-corrected chi connectivity index (χ2v) is 14.1. The van der Waals surface area contributed by atoms with Crippen molar-refractivity contribution in [2.75, 3.05) is 20.6 Å². The lowest BCUT2D eigenvalue weighted by molar-refractivity contribution is -0.0531. The molecule has 2 fully saturated rings. The molecular weight excluding hydrogens is 606 g/mol. The van der Waals surface area contributed by atoms with Crippen LogP contribution in [0.3, 0.4) is 0 Å². The Morgan fingerprint density at radius 2 is 1.91 bits per heavy atom. The molecule has 2 saturated carbocycles. The third kappa shape index (κ3) is 6.97. The number of aromatic nitrogens is 6. The van der Waals surface area contributed by atoms with Gasteiger partial charge in [-0.3, -0.25) is 0 Å². The van der Waals surface area contributed by atoms with Crippen LogP contribution in [-0.4, -0.2) is 81.0 Å². The smallest absolute Gasteiger partial charge is 0.388 e. The van der Waals surface area contributed by atoms with E-state index in [4.69, 9.17) is 5.73 Å². The van der Waals surface area contributed by atoms with Crippen molar-refractivity contribution >= 4 is 15.6 Å². The van der Waals surface area contributed by atoms with Crippen molar-refractivity contribution in [3.8, 4) is 17.3 Å². The van der Waals surface area contributed by atoms with Crippen LogP contribution in [0.1, 0.15) is 49.9 Å². The second kappa shape index (κ2) is 12.4. The summed E-state index contributed by atoms with van der Waals surface area (Å²) in [4.78, 5) is 19.5. The fourth-order valence-corrected chi connectivity index (χ4v) is 7.21. The Kier molecular flexibility index (Phi) is 8.54. The number of nitrogens with zero attached hydrogens (tertiary/aromatic N) is 7. The number of ether oxygens (including phenoxy) is 1. The van der Waals surface area contributed by atoms with Gasteiger partial charge in [0.05, 0.1) is 47.0 Å². The molecule has 1 unspecified atom stereocenters. The molecule has 4 heterocycles. The van der Waals surface area contributed by atoms with Gasteiger partial charge in [-0.15, -0.1) is 0 Å². The van der Waals surface area contributed by atoms with Crippen LogP contribution >= 0.6 is 0 Å². The number of hydrogen-bond acceptors (Lipinski definition) is 12. The van der Waals surface area contributed by atoms with Crippen LogP contribution in [0, 0.1) is 5.92 Å². The minimum Gasteiger partial charge on any atom is -0.415 e. The Morgan fingerprint density at radius 3 is 2.58 bits per heavy atom. The average Bonchev–Trinajstić information content (AvgIpc) is 3.75. The minimum atomic E-state index is -3.54. The summed E-state index contributed by atoms with van der Waals surface area (Å²) >= 11 is 0. The van der Waals surface area contributed by atoms with Crippen molar-refractivity contribution in [2.45, 2.75) is 62.1 Å². The maximum atomic E-state index is 12.7. The zero-order valence-corrected chi connectivity index (χ0v) is 25.8. The Labute approximate surface area is 260 Å². The van der Waals surface area contributed by atoms with E-state index < -0.39 is 27.5 Å². The molecule has 3 aromatic heterocycles. The first-order valence-corrected chi connectivity index (χ1v) is 16.3. The highest BCUT2D eigenvalue weighted by molar-refractivity contribution is 7.90. The van der Waals surface area contributed by atoms with Gasteiger partial charge in [-0.2, -0.15) is 18.0 Å². The molecule has 0 bridgehead atoms. The molecule has 45 heavy (non-hydrogen) atoms. The third-order valence-electron chi connectivity index (χ3n) is 8.17. The molecule has 0 aromatic carbocycles. The molecule has 4 N–H and O–H groups in total. The Morgan fingerprint density at radius 1 is 1.13 bits per heavy atom. The predicted molar refractivity (Wildman–Crippen MR) is 162 cm³/mol. The van der Waals surface area contributed by atoms with Crippen LogP contribution < -0.4 is 21.1 Å². The summed E-state index contributed by atoms with van der Waals surface area (Å²) in [5.41, 5.74) is 8.26. The van der Waals surface area contributed by atoms with Crippen LogP contribution in [0.15, 0.2) is 55.0 Å². The molecule has 240 valence electrons. The molecule has 0 radical (unpaired) electrons. The van der Waals surface area contributed by atoms with Crippen molar-refractivity contribution in [1.29, 1.82) is 0 Å². The van der Waals surface area contributed by atoms with E-state index >= 15 is 0 Å². The van der Waals surface area contributed by atoms with Gasteiger partial charge < -0.3 is 26.0 Å². The SMILES string of the molecule is CN(C)CC1CCC(NC2=CC(N)(c3ccnc(-c4cnn(S(=O)(=O)C5CC5)c4)n3)NC=C2c2cnc(OC(F)F)cn2)CC1. The highest BCUT2D eigenvalue weighted by atomic mass is 32.2. The first-order chi connectivity index (χ1) is 21.5. The lowest BCUT2D eigenvalue weighted by Crippen LogP contribution is -2.50. The van der Waals surface area contributed by atoms with Crippen LogP contribution in [0.5, 0.6) is 5.88 Å². The van der Waals surface area contributed by atoms with Gasteiger partial charge in [0.25, 0.3) is 10.0 Å². The molecule has 3 aromatic rings. The molecular formula is C29H36F2N10O3S. The molecule has 2 aliphatic carbocycles. The highest BCUT2D eigenvalue weighted by Crippen LogP contribution is 2.33. The number of halogens is 2. The lowest BCUT2D eigenvalue weighted by Gasteiger charge is -2.36. The lowest BCUT2D eigenvalue weighted by atomic mass is 9.85. The van der Waals surface area contributed by atoms with E-state index in [9.17, 15) is 17.2 Å². The average molecular weight is 643 g/mol. The number of allylic oxidation sites excluding steroid dienone is 1. The summed E-state index contributed by atoms with van der Waals surface area (Å²) in [6.07, 6.45) is 15.7. The fourth-order valence-electron chi connectivity index (χ4n) is 5.73. The van der Waals surface area contributed by atoms with E-state index in [-0.39, 0.29) is 17.7 Å². The van der Waals surface area contributed by atoms with Gasteiger partial charge in [-0.05, 0) is 70.7 Å². The van der Waals surface area contributed by atoms with Crippen molar-refractivity contribution in [2.24, 2.45) is 11.7 Å². The van der Waals surface area contributed by atoms with E-state index in [1.54, 1.807) is 18.5 Å². The quantitative estimate of drug-likeness (QED) is 0.280. The van der Waals surface area contributed by atoms with Crippen LogP contribution in [0.2, 0.25) is 0 Å². The first kappa shape index (κ1) is 31.0. The zero-order chi connectivity index (χ0) is 31.8. The fraction of sp³-hybridized carbons (Fsp3) is 0.483. The van der Waals surface area contributed by atoms with Gasteiger partial charge in [0.15, 0.2) is 11.5 Å². The van der Waals surface area contributed by atoms with Gasteiger partial charge in [-0.25, -0.2) is 28.4 Å². The normalized spacial score (nSPS) is 23.8. The number of hydrogen-bond donors (Lipinski definition) is 3. The summed E-state index contributed by atoms with van der Waals surface area (Å²) in [5.74, 6) is 0.611. The molecule has 0 spiro atoms. The Hall–Kier alpha value is -4.02. The van der Waals surface area contributed by atoms with Crippen LogP contribution in [-0.2, 0) is 15.7 Å². The summed E-state index contributed by atoms with van der Waals surface area (Å²) in [5, 5.41) is 10.5. The van der Waals surface area contributed by atoms with E-state index in [0.29, 0.717) is 47.0 Å². The van der Waals surface area contributed by atoms with Crippen LogP contribution in [0.4, 0.5) is 8.78 Å². The van der Waals surface area contributed by atoms with E-state index in [0.717, 1.165) is 42.5 Å². The molecule has 1 aliphatic heterocycles. The maximum Gasteiger partial charge on any atom is 0.388 e. The number of nitrogens with two attached hydrogens (primary N) is 1. The van der Waals surface area contributed by atoms with Crippen LogP contribution in [0.25, 0.3) is 17.0 Å². The Bertz CT molecular complexity index is 1680. The molecule has 0 amide bonds. The first-order valence-electron chi connectivity index (χ1n) is 14.8. The zero-order valence-electron chi connectivity index (χ0n) is 25.0. The number of nitrogens with one attached hydrogen (secondary N) is 2. The standard InChI is InChI=1S/C29H36F2N10O3S/c1-40(2)16-18-3-5-20(6-4-18)38-23-11-29(32,36-13-22(23)24-14-35-26(15-34-24)44-28(30)31)25-9-10-33-27(39-25)19-12-37-41(17-19)45(42,43)21-7-8-21/h9-15,17-18,20-21,28,36,38H,3-8,16,32H2,1-2H3. The molecule has 16 heteroatoms. The maximum absolute atomic E-state index is 12.7. The molecule has 6 rings (SSSR count). The largest absolute Gasteiger partial charge is 0.415 e. The molecule has 13 nitrogen and oxygen atoms in total. The topological polar surface area (TPSA) is 166 Å². The molecule has 1 atom stereocenters. The van der Waals surface area contributed by atoms with Gasteiger partial charge in [0, 0.05) is 36.3 Å². The van der Waals surface area contributed by atoms with Crippen molar-refractivity contribution in [3.63, 3.8) is 0 Å². The number of alkyl halides is 2. The van der Waals surface area contributed by atoms with Gasteiger partial charge in [0.2, 0.25) is 5.88 Å². The monoisotopic (exact) mass is 642 g/mol. The number of rotatable bonds is 11. The van der Waals surface area contributed by atoms with Gasteiger partial charge >= 0.3 is 6.61 Å². The van der Waals surface area contributed by atoms with E-state index in [1.165, 1.54) is 18.6 Å². The predicted octanol–water partition coefficient (Wildman–Crippen LogP) is 2.42. The third-order valence-corrected chi connectivity index (χ3v) is 10.2. The minimum absolute atomic E-state index is 0.176. The summed E-state index contributed by atoms with van der Waals surface area (Å²) in [7, 11) is 0.631. The van der Waals surface area contributed by atoms with Gasteiger partial charge in [-0.1, -0.05) is 0 Å². The molecule has 3 aliphatic rings. The van der Waals surface area contributed by atoms with Crippen molar-refractivity contribution in [1.82, 2.24) is 44.7 Å².